The maximum absolute atomic E-state index is 2.48. The lowest BCUT2D eigenvalue weighted by molar-refractivity contribution is 0.591. The number of hydrogen-bond acceptors (Lipinski definition) is 0. The van der Waals surface area contributed by atoms with Gasteiger partial charge in [-0.2, -0.15) is 0 Å². The third-order valence-corrected chi connectivity index (χ3v) is 8.42. The molecule has 0 saturated carbocycles. The molecule has 5 aromatic carbocycles. The summed E-state index contributed by atoms with van der Waals surface area (Å²) in [6.45, 7) is 13.8. The van der Waals surface area contributed by atoms with Crippen LogP contribution < -0.4 is 0 Å². The highest BCUT2D eigenvalue weighted by molar-refractivity contribution is 6.26. The molecule has 0 bridgehead atoms. The zero-order valence-corrected chi connectivity index (χ0v) is 24.3. The summed E-state index contributed by atoms with van der Waals surface area (Å²) in [6, 6.07) is 40.4. The van der Waals surface area contributed by atoms with E-state index in [-0.39, 0.29) is 10.8 Å². The van der Waals surface area contributed by atoms with Crippen LogP contribution in [0.2, 0.25) is 0 Å². The Morgan fingerprint density at radius 1 is 0.425 bits per heavy atom. The number of aromatic nitrogens is 2. The minimum atomic E-state index is 0.0526. The Morgan fingerprint density at radius 2 is 0.900 bits per heavy atom. The molecule has 0 radical (unpaired) electrons. The molecular weight excluding hydrogens is 484 g/mol. The highest BCUT2D eigenvalue weighted by Gasteiger charge is 2.24. The number of rotatable bonds is 2. The van der Waals surface area contributed by atoms with Crippen molar-refractivity contribution < 1.29 is 0 Å². The van der Waals surface area contributed by atoms with Gasteiger partial charge in [0.15, 0.2) is 0 Å². The molecule has 0 aliphatic heterocycles. The quantitative estimate of drug-likeness (QED) is 0.215. The third kappa shape index (κ3) is 3.70. The number of fused-ring (bicyclic) bond motifs is 7. The van der Waals surface area contributed by atoms with Crippen molar-refractivity contribution >= 4 is 43.6 Å². The van der Waals surface area contributed by atoms with E-state index in [1.165, 1.54) is 66.1 Å². The highest BCUT2D eigenvalue weighted by atomic mass is 15.0. The molecular formula is C38H36N2. The maximum Gasteiger partial charge on any atom is 0.0641 e. The molecule has 2 heterocycles. The van der Waals surface area contributed by atoms with Crippen LogP contribution in [-0.2, 0) is 10.8 Å². The van der Waals surface area contributed by atoms with Gasteiger partial charge in [0.25, 0.3) is 0 Å². The fraction of sp³-hybridized carbons (Fsp3) is 0.211. The van der Waals surface area contributed by atoms with Crippen molar-refractivity contribution in [1.29, 1.82) is 0 Å². The standard InChI is InChI=1S/C38H36N2/c1-37(2,3)25-17-20-32-30(23-25)29-19-22-34-35(36(29)40(32)28-15-11-8-12-16-28)31-24-26(38(4,5)6)18-21-33(31)39(34)27-13-9-7-10-14-27/h7-24H,1-6H3. The van der Waals surface area contributed by atoms with Gasteiger partial charge in [-0.15, -0.1) is 0 Å². The van der Waals surface area contributed by atoms with Gasteiger partial charge in [-0.25, -0.2) is 0 Å². The Hall–Kier alpha value is -4.30. The minimum Gasteiger partial charge on any atom is -0.309 e. The van der Waals surface area contributed by atoms with Crippen molar-refractivity contribution in [3.8, 4) is 11.4 Å². The Balaban J connectivity index is 1.74. The molecule has 2 heteroatoms. The lowest BCUT2D eigenvalue weighted by atomic mass is 9.86. The van der Waals surface area contributed by atoms with E-state index >= 15 is 0 Å². The first-order chi connectivity index (χ1) is 19.1. The smallest absolute Gasteiger partial charge is 0.0641 e. The van der Waals surface area contributed by atoms with Crippen LogP contribution in [0.15, 0.2) is 109 Å². The summed E-state index contributed by atoms with van der Waals surface area (Å²) in [7, 11) is 0. The number of benzene rings is 5. The van der Waals surface area contributed by atoms with E-state index < -0.39 is 0 Å². The molecule has 0 unspecified atom stereocenters. The number of hydrogen-bond donors (Lipinski definition) is 0. The van der Waals surface area contributed by atoms with E-state index in [0.717, 1.165) is 0 Å². The van der Waals surface area contributed by atoms with E-state index in [9.17, 15) is 0 Å². The van der Waals surface area contributed by atoms with Gasteiger partial charge < -0.3 is 9.13 Å². The van der Waals surface area contributed by atoms with E-state index in [0.29, 0.717) is 0 Å². The van der Waals surface area contributed by atoms with E-state index in [2.05, 4.69) is 160 Å². The summed E-state index contributed by atoms with van der Waals surface area (Å²) >= 11 is 0. The van der Waals surface area contributed by atoms with Crippen molar-refractivity contribution in [2.45, 2.75) is 52.4 Å². The first kappa shape index (κ1) is 24.7. The fourth-order valence-corrected chi connectivity index (χ4v) is 6.24. The molecule has 0 spiro atoms. The number of para-hydroxylation sites is 2. The second kappa shape index (κ2) is 8.60. The lowest BCUT2D eigenvalue weighted by Crippen LogP contribution is -2.10. The first-order valence-corrected chi connectivity index (χ1v) is 14.3. The summed E-state index contributed by atoms with van der Waals surface area (Å²) in [6.07, 6.45) is 0. The molecule has 0 aliphatic carbocycles. The molecule has 0 N–H and O–H groups in total. The van der Waals surface area contributed by atoms with Crippen LogP contribution in [0.25, 0.3) is 55.0 Å². The lowest BCUT2D eigenvalue weighted by Gasteiger charge is -2.19. The summed E-state index contributed by atoms with van der Waals surface area (Å²) < 4.78 is 4.92. The van der Waals surface area contributed by atoms with Crippen LogP contribution in [-0.4, -0.2) is 9.13 Å². The van der Waals surface area contributed by atoms with Crippen LogP contribution in [0.1, 0.15) is 52.7 Å². The molecule has 2 aromatic heterocycles. The zero-order chi connectivity index (χ0) is 27.8. The third-order valence-electron chi connectivity index (χ3n) is 8.42. The molecule has 0 fully saturated rings. The maximum atomic E-state index is 2.48. The van der Waals surface area contributed by atoms with Crippen molar-refractivity contribution in [3.63, 3.8) is 0 Å². The van der Waals surface area contributed by atoms with Crippen molar-refractivity contribution in [2.24, 2.45) is 0 Å². The van der Waals surface area contributed by atoms with Gasteiger partial charge in [0.2, 0.25) is 0 Å². The molecule has 0 aliphatic rings. The SMILES string of the molecule is CC(C)(C)c1ccc2c(c1)c1c(ccc3c4cc(C(C)(C)C)ccc4n(-c4ccccc4)c31)n2-c1ccccc1. The van der Waals surface area contributed by atoms with Gasteiger partial charge in [-0.05, 0) is 76.6 Å². The molecule has 198 valence electrons. The molecule has 0 amide bonds. The summed E-state index contributed by atoms with van der Waals surface area (Å²) in [4.78, 5) is 0. The molecule has 7 aromatic rings. The van der Waals surface area contributed by atoms with Gasteiger partial charge >= 0.3 is 0 Å². The topological polar surface area (TPSA) is 9.86 Å². The second-order valence-corrected chi connectivity index (χ2v) is 13.2. The van der Waals surface area contributed by atoms with Gasteiger partial charge in [0, 0.05) is 32.9 Å². The predicted octanol–water partition coefficient (Wildman–Crippen LogP) is 10.5. The minimum absolute atomic E-state index is 0.0526. The summed E-state index contributed by atoms with van der Waals surface area (Å²) in [5.74, 6) is 0. The number of nitrogens with zero attached hydrogens (tertiary/aromatic N) is 2. The second-order valence-electron chi connectivity index (χ2n) is 13.2. The Kier molecular flexibility index (Phi) is 5.31. The van der Waals surface area contributed by atoms with Crippen molar-refractivity contribution in [3.05, 3.63) is 120 Å². The molecule has 0 atom stereocenters. The average molecular weight is 521 g/mol. The van der Waals surface area contributed by atoms with Crippen LogP contribution in [0.4, 0.5) is 0 Å². The van der Waals surface area contributed by atoms with Crippen LogP contribution in [0.3, 0.4) is 0 Å². The largest absolute Gasteiger partial charge is 0.309 e. The Morgan fingerprint density at radius 3 is 1.45 bits per heavy atom. The predicted molar refractivity (Wildman–Crippen MR) is 173 cm³/mol. The van der Waals surface area contributed by atoms with Gasteiger partial charge in [0.05, 0.1) is 22.1 Å². The van der Waals surface area contributed by atoms with Gasteiger partial charge in [-0.3, -0.25) is 0 Å². The molecule has 40 heavy (non-hydrogen) atoms. The Bertz CT molecular complexity index is 2040. The van der Waals surface area contributed by atoms with E-state index in [4.69, 9.17) is 0 Å². The van der Waals surface area contributed by atoms with Crippen molar-refractivity contribution in [1.82, 2.24) is 9.13 Å². The monoisotopic (exact) mass is 520 g/mol. The average Bonchev–Trinajstić information content (AvgIpc) is 3.45. The molecule has 7 rings (SSSR count). The summed E-state index contributed by atoms with van der Waals surface area (Å²) in [5, 5.41) is 5.21. The van der Waals surface area contributed by atoms with Gasteiger partial charge in [0.1, 0.15) is 0 Å². The van der Waals surface area contributed by atoms with Crippen LogP contribution in [0.5, 0.6) is 0 Å². The first-order valence-electron chi connectivity index (χ1n) is 14.3. The molecule has 2 nitrogen and oxygen atoms in total. The van der Waals surface area contributed by atoms with E-state index in [1.54, 1.807) is 0 Å². The van der Waals surface area contributed by atoms with Gasteiger partial charge in [-0.1, -0.05) is 96.1 Å². The Labute approximate surface area is 236 Å². The zero-order valence-electron chi connectivity index (χ0n) is 24.3. The normalized spacial score (nSPS) is 12.8. The van der Waals surface area contributed by atoms with Crippen molar-refractivity contribution in [2.75, 3.05) is 0 Å². The highest BCUT2D eigenvalue weighted by Crippen LogP contribution is 2.43. The van der Waals surface area contributed by atoms with Crippen LogP contribution >= 0.6 is 0 Å². The van der Waals surface area contributed by atoms with E-state index in [1.807, 2.05) is 0 Å². The van der Waals surface area contributed by atoms with Crippen LogP contribution in [0, 0.1) is 0 Å². The fourth-order valence-electron chi connectivity index (χ4n) is 6.24. The molecule has 0 saturated heterocycles. The summed E-state index contributed by atoms with van der Waals surface area (Å²) in [5.41, 5.74) is 10.2.